The van der Waals surface area contributed by atoms with Crippen LogP contribution in [-0.2, 0) is 17.1 Å². The number of hydrogen-bond donors (Lipinski definition) is 0. The van der Waals surface area contributed by atoms with Crippen molar-refractivity contribution < 1.29 is 17.1 Å². The van der Waals surface area contributed by atoms with Crippen molar-refractivity contribution in [1.29, 1.82) is 0 Å². The van der Waals surface area contributed by atoms with Crippen LogP contribution < -0.4 is 0 Å². The molecule has 0 saturated carbocycles. The molecule has 14 heavy (non-hydrogen) atoms. The Morgan fingerprint density at radius 2 is 1.86 bits per heavy atom. The molecule has 0 radical (unpaired) electrons. The van der Waals surface area contributed by atoms with Crippen molar-refractivity contribution in [2.75, 3.05) is 0 Å². The zero-order chi connectivity index (χ0) is 9.97. The molecule has 0 aliphatic heterocycles. The van der Waals surface area contributed by atoms with Crippen LogP contribution in [0.4, 0.5) is 0 Å². The molecular formula is C13H16Ru. The maximum absolute atomic E-state index is 2.32. The minimum absolute atomic E-state index is 0.354. The Morgan fingerprint density at radius 3 is 2.50 bits per heavy atom. The van der Waals surface area contributed by atoms with Crippen LogP contribution in [-0.4, -0.2) is 0 Å². The first kappa shape index (κ1) is 10.1. The second-order valence-electron chi connectivity index (χ2n) is 3.64. The molecule has 0 aromatic rings. The van der Waals surface area contributed by atoms with Gasteiger partial charge >= 0.3 is 94.0 Å². The fourth-order valence-electron chi connectivity index (χ4n) is 1.74. The average molecular weight is 273 g/mol. The molecule has 1 heteroatoms. The molecule has 2 rings (SSSR count). The standard InChI is InChI=1S/C7H9.C6H7.Ru/c1-2-7-5-3-4-6-7;1-6-4-2-3-5-6;/h3,5H,2,4H2,1H3;2,4H,3H2,1H3;. The van der Waals surface area contributed by atoms with Gasteiger partial charge in [-0.2, -0.15) is 0 Å². The van der Waals surface area contributed by atoms with E-state index < -0.39 is 0 Å². The van der Waals surface area contributed by atoms with Gasteiger partial charge in [-0.1, -0.05) is 0 Å². The topological polar surface area (TPSA) is 0 Å². The van der Waals surface area contributed by atoms with E-state index in [1.165, 1.54) is 24.8 Å². The molecule has 0 atom stereocenters. The zero-order valence-electron chi connectivity index (χ0n) is 8.78. The van der Waals surface area contributed by atoms with Crippen LogP contribution in [0.5, 0.6) is 0 Å². The predicted molar refractivity (Wildman–Crippen MR) is 57.5 cm³/mol. The molecule has 0 N–H and O–H groups in total. The van der Waals surface area contributed by atoms with E-state index >= 15 is 0 Å². The molecule has 0 bridgehead atoms. The van der Waals surface area contributed by atoms with Gasteiger partial charge in [0.15, 0.2) is 0 Å². The molecular weight excluding hydrogens is 257 g/mol. The molecule has 2 aliphatic carbocycles. The van der Waals surface area contributed by atoms with Crippen molar-refractivity contribution in [2.45, 2.75) is 33.1 Å². The first-order valence-electron chi connectivity index (χ1n) is 5.18. The SMILES string of the molecule is CCC1=[C]([Ru][C]2=C(C)C=CC2)CC=C1. The molecule has 0 spiro atoms. The molecule has 0 amide bonds. The van der Waals surface area contributed by atoms with Gasteiger partial charge in [0.1, 0.15) is 0 Å². The maximum atomic E-state index is 2.32. The summed E-state index contributed by atoms with van der Waals surface area (Å²) in [6.45, 7) is 4.52. The third-order valence-corrected chi connectivity index (χ3v) is 5.63. The normalized spacial score (nSPS) is 20.7. The summed E-state index contributed by atoms with van der Waals surface area (Å²) >= 11 is 0.354. The van der Waals surface area contributed by atoms with Crippen molar-refractivity contribution in [3.8, 4) is 0 Å². The van der Waals surface area contributed by atoms with E-state index in [1.54, 1.807) is 13.9 Å². The van der Waals surface area contributed by atoms with E-state index in [-0.39, 0.29) is 0 Å². The number of allylic oxidation sites excluding steroid dienone is 8. The van der Waals surface area contributed by atoms with Crippen molar-refractivity contribution in [1.82, 2.24) is 0 Å². The van der Waals surface area contributed by atoms with Crippen molar-refractivity contribution in [3.05, 3.63) is 43.8 Å². The van der Waals surface area contributed by atoms with Crippen LogP contribution >= 0.6 is 0 Å². The molecule has 0 aromatic carbocycles. The van der Waals surface area contributed by atoms with E-state index in [9.17, 15) is 0 Å². The molecule has 76 valence electrons. The molecule has 0 saturated heterocycles. The Kier molecular flexibility index (Phi) is 3.18. The van der Waals surface area contributed by atoms with Crippen molar-refractivity contribution >= 4 is 0 Å². The van der Waals surface area contributed by atoms with Crippen LogP contribution in [0.25, 0.3) is 0 Å². The summed E-state index contributed by atoms with van der Waals surface area (Å²) in [4.78, 5) is 0. The van der Waals surface area contributed by atoms with Gasteiger partial charge in [0.05, 0.1) is 0 Å². The summed E-state index contributed by atoms with van der Waals surface area (Å²) in [7, 11) is 0. The van der Waals surface area contributed by atoms with Gasteiger partial charge < -0.3 is 0 Å². The zero-order valence-corrected chi connectivity index (χ0v) is 10.5. The van der Waals surface area contributed by atoms with E-state index in [1.807, 2.05) is 0 Å². The summed E-state index contributed by atoms with van der Waals surface area (Å²) in [5.74, 6) is 0. The van der Waals surface area contributed by atoms with Crippen LogP contribution in [0, 0.1) is 0 Å². The van der Waals surface area contributed by atoms with Crippen LogP contribution in [0.2, 0.25) is 0 Å². The van der Waals surface area contributed by atoms with Crippen LogP contribution in [0.1, 0.15) is 33.1 Å². The summed E-state index contributed by atoms with van der Waals surface area (Å²) in [5.41, 5.74) is 3.13. The third-order valence-electron chi connectivity index (χ3n) is 2.62. The third kappa shape index (κ3) is 1.98. The van der Waals surface area contributed by atoms with E-state index in [4.69, 9.17) is 0 Å². The van der Waals surface area contributed by atoms with Gasteiger partial charge in [-0.15, -0.1) is 0 Å². The molecule has 2 aliphatic rings. The Labute approximate surface area is 94.1 Å². The fraction of sp³-hybridized carbons (Fsp3) is 0.385. The van der Waals surface area contributed by atoms with Gasteiger partial charge in [-0.25, -0.2) is 0 Å². The van der Waals surface area contributed by atoms with Gasteiger partial charge in [0.25, 0.3) is 0 Å². The monoisotopic (exact) mass is 274 g/mol. The predicted octanol–water partition coefficient (Wildman–Crippen LogP) is 3.93. The molecule has 0 unspecified atom stereocenters. The number of hydrogen-bond acceptors (Lipinski definition) is 0. The van der Waals surface area contributed by atoms with Gasteiger partial charge in [-0.3, -0.25) is 0 Å². The summed E-state index contributed by atoms with van der Waals surface area (Å²) in [5, 5.41) is 0. The van der Waals surface area contributed by atoms with Crippen LogP contribution in [0.15, 0.2) is 43.8 Å². The molecule has 0 heterocycles. The summed E-state index contributed by atoms with van der Waals surface area (Å²) < 4.78 is 3.44. The minimum atomic E-state index is 0.354. The second-order valence-corrected chi connectivity index (χ2v) is 6.18. The van der Waals surface area contributed by atoms with Crippen LogP contribution in [0.3, 0.4) is 0 Å². The first-order valence-corrected chi connectivity index (χ1v) is 6.92. The van der Waals surface area contributed by atoms with Gasteiger partial charge in [0.2, 0.25) is 0 Å². The Balaban J connectivity index is 2.09. The van der Waals surface area contributed by atoms with Crippen molar-refractivity contribution in [3.63, 3.8) is 0 Å². The van der Waals surface area contributed by atoms with Crippen molar-refractivity contribution in [2.24, 2.45) is 0 Å². The summed E-state index contributed by atoms with van der Waals surface area (Å²) in [6.07, 6.45) is 12.9. The van der Waals surface area contributed by atoms with E-state index in [0.717, 1.165) is 0 Å². The van der Waals surface area contributed by atoms with E-state index in [2.05, 4.69) is 38.2 Å². The summed E-state index contributed by atoms with van der Waals surface area (Å²) in [6, 6.07) is 0. The Hall–Kier alpha value is -0.417. The average Bonchev–Trinajstić information content (AvgIpc) is 2.77. The second kappa shape index (κ2) is 4.40. The molecule has 0 fully saturated rings. The quantitative estimate of drug-likeness (QED) is 0.684. The molecule has 0 aromatic heterocycles. The van der Waals surface area contributed by atoms with Gasteiger partial charge in [-0.05, 0) is 0 Å². The first-order chi connectivity index (χ1) is 6.81. The Morgan fingerprint density at radius 1 is 1.14 bits per heavy atom. The Bertz CT molecular complexity index is 353. The van der Waals surface area contributed by atoms with E-state index in [0.29, 0.717) is 17.1 Å². The fourth-order valence-corrected chi connectivity index (χ4v) is 4.36. The molecule has 0 nitrogen and oxygen atoms in total. The number of rotatable bonds is 3. The van der Waals surface area contributed by atoms with Gasteiger partial charge in [0, 0.05) is 0 Å².